The van der Waals surface area contributed by atoms with Gasteiger partial charge in [0.1, 0.15) is 8.42 Å². The Balaban J connectivity index is 2.06. The van der Waals surface area contributed by atoms with Crippen molar-refractivity contribution in [3.05, 3.63) is 56.7 Å². The Labute approximate surface area is 189 Å². The number of aromatic amines is 1. The van der Waals surface area contributed by atoms with Crippen LogP contribution in [0, 0.1) is 0 Å². The molecule has 0 amide bonds. The lowest BCUT2D eigenvalue weighted by molar-refractivity contribution is 0.283. The van der Waals surface area contributed by atoms with Gasteiger partial charge < -0.3 is 5.11 Å². The van der Waals surface area contributed by atoms with Crippen molar-refractivity contribution < 1.29 is 21.9 Å². The van der Waals surface area contributed by atoms with Gasteiger partial charge in [-0.25, -0.2) is 0 Å². The van der Waals surface area contributed by atoms with Gasteiger partial charge in [0.05, 0.1) is 26.2 Å². The van der Waals surface area contributed by atoms with Gasteiger partial charge in [-0.1, -0.05) is 35.3 Å². The largest absolute Gasteiger partial charge is 0.392 e. The first kappa shape index (κ1) is 21.6. The molecule has 0 aliphatic carbocycles. The number of fused-ring (bicyclic) bond motifs is 1. The predicted molar refractivity (Wildman–Crippen MR) is 118 cm³/mol. The number of H-pyrrole nitrogens is 1. The number of thiophene rings is 2. The monoisotopic (exact) mass is 523 g/mol. The zero-order valence-electron chi connectivity index (χ0n) is 14.6. The van der Waals surface area contributed by atoms with Crippen LogP contribution in [0.1, 0.15) is 5.56 Å². The van der Waals surface area contributed by atoms with Gasteiger partial charge in [0.25, 0.3) is 20.0 Å². The lowest BCUT2D eigenvalue weighted by Crippen LogP contribution is -2.36. The predicted octanol–water partition coefficient (Wildman–Crippen LogP) is 4.07. The molecular weight excluding hydrogens is 513 g/mol. The second-order valence-corrected chi connectivity index (χ2v) is 13.6. The number of rotatable bonds is 6. The zero-order chi connectivity index (χ0) is 21.7. The summed E-state index contributed by atoms with van der Waals surface area (Å²) in [5.74, 6) is -0.385. The summed E-state index contributed by atoms with van der Waals surface area (Å²) >= 11 is 13.2. The molecule has 1 aromatic carbocycles. The van der Waals surface area contributed by atoms with Crippen molar-refractivity contribution in [1.29, 1.82) is 0 Å². The summed E-state index contributed by atoms with van der Waals surface area (Å²) in [6, 6.07) is 9.90. The van der Waals surface area contributed by atoms with Gasteiger partial charge in [-0.05, 0) is 35.9 Å². The Kier molecular flexibility index (Phi) is 5.60. The normalized spacial score (nSPS) is 12.5. The van der Waals surface area contributed by atoms with E-state index < -0.39 is 26.7 Å². The van der Waals surface area contributed by atoms with E-state index in [4.69, 9.17) is 23.2 Å². The molecule has 158 valence electrons. The summed E-state index contributed by atoms with van der Waals surface area (Å²) < 4.78 is 53.9. The Morgan fingerprint density at radius 1 is 0.933 bits per heavy atom. The van der Waals surface area contributed by atoms with Crippen molar-refractivity contribution in [2.24, 2.45) is 0 Å². The van der Waals surface area contributed by atoms with E-state index in [1.165, 1.54) is 24.3 Å². The van der Waals surface area contributed by atoms with Crippen LogP contribution in [-0.2, 0) is 26.7 Å². The van der Waals surface area contributed by atoms with Crippen LogP contribution in [0.3, 0.4) is 0 Å². The van der Waals surface area contributed by atoms with Crippen molar-refractivity contribution in [2.45, 2.75) is 15.0 Å². The Morgan fingerprint density at radius 2 is 1.50 bits per heavy atom. The Morgan fingerprint density at radius 3 is 1.97 bits per heavy atom. The minimum absolute atomic E-state index is 0.164. The molecule has 3 aromatic heterocycles. The molecule has 4 rings (SSSR count). The van der Waals surface area contributed by atoms with E-state index in [0.717, 1.165) is 0 Å². The topological polar surface area (TPSA) is 120 Å². The highest BCUT2D eigenvalue weighted by Gasteiger charge is 2.41. The van der Waals surface area contributed by atoms with E-state index in [1.807, 2.05) is 0 Å². The Bertz CT molecular complexity index is 1390. The first-order valence-corrected chi connectivity index (χ1v) is 13.3. The van der Waals surface area contributed by atoms with Crippen LogP contribution in [0.5, 0.6) is 0 Å². The first-order chi connectivity index (χ1) is 14.2. The third-order valence-corrected chi connectivity index (χ3v) is 11.5. The minimum Gasteiger partial charge on any atom is -0.392 e. The molecule has 2 N–H and O–H groups in total. The van der Waals surface area contributed by atoms with Gasteiger partial charge in [-0.3, -0.25) is 5.10 Å². The van der Waals surface area contributed by atoms with Crippen molar-refractivity contribution in [3.8, 4) is 0 Å². The number of nitrogens with zero attached hydrogens (tertiary/aromatic N) is 2. The number of benzene rings is 1. The zero-order valence-corrected chi connectivity index (χ0v) is 19.4. The van der Waals surface area contributed by atoms with Crippen LogP contribution in [0.25, 0.3) is 10.9 Å². The number of halogens is 2. The third-order valence-electron chi connectivity index (χ3n) is 4.04. The van der Waals surface area contributed by atoms with E-state index in [9.17, 15) is 21.9 Å². The molecule has 0 spiro atoms. The van der Waals surface area contributed by atoms with Crippen LogP contribution in [0.2, 0.25) is 8.67 Å². The molecule has 0 aliphatic rings. The maximum Gasteiger partial charge on any atom is 0.288 e. The summed E-state index contributed by atoms with van der Waals surface area (Å²) in [6.07, 6.45) is 0. The van der Waals surface area contributed by atoms with Gasteiger partial charge in [0.15, 0.2) is 5.82 Å². The fourth-order valence-corrected chi connectivity index (χ4v) is 9.76. The highest BCUT2D eigenvalue weighted by Crippen LogP contribution is 2.39. The molecule has 0 fully saturated rings. The van der Waals surface area contributed by atoms with Crippen LogP contribution >= 0.6 is 45.9 Å². The quantitative estimate of drug-likeness (QED) is 0.392. The molecule has 3 heterocycles. The molecular formula is C16H11Cl2N3O5S4. The van der Waals surface area contributed by atoms with Crippen molar-refractivity contribution >= 4 is 82.6 Å². The third kappa shape index (κ3) is 3.51. The first-order valence-electron chi connectivity index (χ1n) is 8.04. The van der Waals surface area contributed by atoms with Crippen LogP contribution < -0.4 is 3.71 Å². The maximum atomic E-state index is 13.5. The average Bonchev–Trinajstić information content (AvgIpc) is 3.42. The molecule has 0 atom stereocenters. The summed E-state index contributed by atoms with van der Waals surface area (Å²) in [4.78, 5) is 0. The lowest BCUT2D eigenvalue weighted by Gasteiger charge is -2.21. The fourth-order valence-electron chi connectivity index (χ4n) is 2.78. The SMILES string of the molecule is O=S(=O)(c1ccc(Cl)s1)N(c1n[nH]c2cccc(CO)c12)S(=O)(=O)c1ccc(Cl)s1. The second-order valence-electron chi connectivity index (χ2n) is 5.87. The van der Waals surface area contributed by atoms with Crippen molar-refractivity contribution in [3.63, 3.8) is 0 Å². The highest BCUT2D eigenvalue weighted by atomic mass is 35.5. The molecule has 0 saturated carbocycles. The van der Waals surface area contributed by atoms with Gasteiger partial charge in [-0.2, -0.15) is 21.9 Å². The van der Waals surface area contributed by atoms with E-state index in [-0.39, 0.29) is 32.0 Å². The van der Waals surface area contributed by atoms with Gasteiger partial charge in [0.2, 0.25) is 0 Å². The summed E-state index contributed by atoms with van der Waals surface area (Å²) in [5, 5.41) is 16.5. The number of sulfonamides is 2. The van der Waals surface area contributed by atoms with E-state index in [0.29, 0.717) is 33.8 Å². The number of hydrogen-bond donors (Lipinski definition) is 2. The Hall–Kier alpha value is -1.67. The summed E-state index contributed by atoms with van der Waals surface area (Å²) in [5.41, 5.74) is 0.667. The van der Waals surface area contributed by atoms with Crippen LogP contribution in [0.4, 0.5) is 5.82 Å². The van der Waals surface area contributed by atoms with Crippen LogP contribution in [-0.4, -0.2) is 32.1 Å². The van der Waals surface area contributed by atoms with Gasteiger partial charge in [0, 0.05) is 0 Å². The number of nitrogens with one attached hydrogen (secondary N) is 1. The van der Waals surface area contributed by atoms with Gasteiger partial charge >= 0.3 is 0 Å². The molecule has 0 bridgehead atoms. The molecule has 0 saturated heterocycles. The summed E-state index contributed by atoms with van der Waals surface area (Å²) in [6.45, 7) is -0.451. The van der Waals surface area contributed by atoms with E-state index >= 15 is 0 Å². The molecule has 0 unspecified atom stereocenters. The van der Waals surface area contributed by atoms with Gasteiger partial charge in [-0.15, -0.1) is 26.4 Å². The molecule has 0 radical (unpaired) electrons. The molecule has 14 heteroatoms. The molecule has 4 aromatic rings. The maximum absolute atomic E-state index is 13.5. The fraction of sp³-hybridized carbons (Fsp3) is 0.0625. The number of aliphatic hydroxyl groups is 1. The lowest BCUT2D eigenvalue weighted by atomic mass is 10.1. The molecule has 30 heavy (non-hydrogen) atoms. The van der Waals surface area contributed by atoms with Crippen molar-refractivity contribution in [2.75, 3.05) is 3.71 Å². The van der Waals surface area contributed by atoms with Crippen molar-refractivity contribution in [1.82, 2.24) is 10.2 Å². The summed E-state index contributed by atoms with van der Waals surface area (Å²) in [7, 11) is -9.27. The molecule has 0 aliphatic heterocycles. The number of anilines is 1. The second kappa shape index (κ2) is 7.79. The molecule has 8 nitrogen and oxygen atoms in total. The van der Waals surface area contributed by atoms with E-state index in [1.54, 1.807) is 18.2 Å². The standard InChI is InChI=1S/C16H11Cl2N3O5S4/c17-11-4-6-13(27-11)29(23,24)21(30(25,26)14-7-5-12(18)28-14)16-15-9(8-22)2-1-3-10(15)19-20-16/h1-7,22H,8H2,(H,19,20). The highest BCUT2D eigenvalue weighted by molar-refractivity contribution is 8.11. The van der Waals surface area contributed by atoms with Crippen LogP contribution in [0.15, 0.2) is 50.9 Å². The van der Waals surface area contributed by atoms with E-state index in [2.05, 4.69) is 10.2 Å². The number of aromatic nitrogens is 2. The average molecular weight is 524 g/mol. The smallest absolute Gasteiger partial charge is 0.288 e. The number of aliphatic hydroxyl groups excluding tert-OH is 1. The minimum atomic E-state index is -4.64. The number of hydrogen-bond acceptors (Lipinski definition) is 8.